The van der Waals surface area contributed by atoms with Crippen LogP contribution < -0.4 is 4.74 Å². The Balaban J connectivity index is 2.34. The second-order valence-electron chi connectivity index (χ2n) is 4.64. The number of hydrogen-bond acceptors (Lipinski definition) is 3. The van der Waals surface area contributed by atoms with E-state index in [0.29, 0.717) is 17.7 Å². The van der Waals surface area contributed by atoms with Crippen LogP contribution in [0.3, 0.4) is 0 Å². The molecule has 0 aromatic heterocycles. The molecule has 20 heavy (non-hydrogen) atoms. The third-order valence-electron chi connectivity index (χ3n) is 3.11. The monoisotopic (exact) mass is 303 g/mol. The van der Waals surface area contributed by atoms with Gasteiger partial charge >= 0.3 is 6.61 Å². The van der Waals surface area contributed by atoms with Crippen molar-refractivity contribution in [1.82, 2.24) is 4.31 Å². The number of fused-ring (bicyclic) bond motifs is 1. The first-order valence-corrected chi connectivity index (χ1v) is 7.45. The van der Waals surface area contributed by atoms with Crippen molar-refractivity contribution in [3.63, 3.8) is 0 Å². The minimum Gasteiger partial charge on any atom is -0.435 e. The molecular formula is C13H15F2NO3S. The summed E-state index contributed by atoms with van der Waals surface area (Å²) in [6, 6.07) is 4.53. The zero-order chi connectivity index (χ0) is 14.9. The number of sulfonamides is 1. The van der Waals surface area contributed by atoms with Crippen molar-refractivity contribution in [1.29, 1.82) is 0 Å². The summed E-state index contributed by atoms with van der Waals surface area (Å²) >= 11 is 0. The molecule has 110 valence electrons. The highest BCUT2D eigenvalue weighted by Crippen LogP contribution is 2.30. The fourth-order valence-electron chi connectivity index (χ4n) is 2.06. The number of hydrogen-bond donors (Lipinski definition) is 0. The summed E-state index contributed by atoms with van der Waals surface area (Å²) in [7, 11) is -0.474. The van der Waals surface area contributed by atoms with Crippen molar-refractivity contribution in [2.75, 3.05) is 14.1 Å². The molecule has 0 N–H and O–H groups in total. The Bertz CT molecular complexity index is 639. The highest BCUT2D eigenvalue weighted by molar-refractivity contribution is 7.93. The van der Waals surface area contributed by atoms with Gasteiger partial charge < -0.3 is 4.74 Å². The zero-order valence-corrected chi connectivity index (χ0v) is 12.0. The molecule has 0 unspecified atom stereocenters. The van der Waals surface area contributed by atoms with Crippen LogP contribution in [0.2, 0.25) is 0 Å². The first-order chi connectivity index (χ1) is 9.30. The molecule has 1 aromatic rings. The lowest BCUT2D eigenvalue weighted by Crippen LogP contribution is -2.24. The predicted octanol–water partition coefficient (Wildman–Crippen LogP) is 2.47. The van der Waals surface area contributed by atoms with Gasteiger partial charge in [-0.05, 0) is 42.2 Å². The van der Waals surface area contributed by atoms with E-state index in [1.54, 1.807) is 12.1 Å². The summed E-state index contributed by atoms with van der Waals surface area (Å²) < 4.78 is 53.9. The largest absolute Gasteiger partial charge is 0.435 e. The van der Waals surface area contributed by atoms with Crippen LogP contribution in [0.5, 0.6) is 5.75 Å². The first-order valence-electron chi connectivity index (χ1n) is 6.01. The maximum absolute atomic E-state index is 12.1. The van der Waals surface area contributed by atoms with E-state index in [1.165, 1.54) is 26.2 Å². The molecule has 0 saturated carbocycles. The van der Waals surface area contributed by atoms with Gasteiger partial charge in [-0.3, -0.25) is 0 Å². The summed E-state index contributed by atoms with van der Waals surface area (Å²) in [5.74, 6) is 0.0890. The van der Waals surface area contributed by atoms with Crippen LogP contribution in [0.1, 0.15) is 17.5 Å². The Morgan fingerprint density at radius 2 is 1.95 bits per heavy atom. The molecule has 0 fully saturated rings. The predicted molar refractivity (Wildman–Crippen MR) is 72.0 cm³/mol. The standard InChI is InChI=1S/C13H15F2NO3S/c1-16(2)20(17,18)12-6-4-9-7-11(19-13(14)15)5-3-10(9)8-12/h3,5,7-8,13H,4,6H2,1-2H3. The van der Waals surface area contributed by atoms with E-state index in [1.807, 2.05) is 0 Å². The van der Waals surface area contributed by atoms with E-state index in [2.05, 4.69) is 4.74 Å². The lowest BCUT2D eigenvalue weighted by atomic mass is 9.97. The Kier molecular flexibility index (Phi) is 4.10. The molecule has 4 nitrogen and oxygen atoms in total. The van der Waals surface area contributed by atoms with Crippen molar-refractivity contribution in [3.05, 3.63) is 34.2 Å². The second kappa shape index (κ2) is 5.49. The van der Waals surface area contributed by atoms with E-state index >= 15 is 0 Å². The Morgan fingerprint density at radius 3 is 2.55 bits per heavy atom. The fraction of sp³-hybridized carbons (Fsp3) is 0.385. The lowest BCUT2D eigenvalue weighted by molar-refractivity contribution is -0.0498. The van der Waals surface area contributed by atoms with E-state index in [-0.39, 0.29) is 5.75 Å². The van der Waals surface area contributed by atoms with Gasteiger partial charge in [0.2, 0.25) is 10.0 Å². The topological polar surface area (TPSA) is 46.6 Å². The lowest BCUT2D eigenvalue weighted by Gasteiger charge is -2.20. The smallest absolute Gasteiger partial charge is 0.387 e. The Labute approximate surface area is 116 Å². The number of allylic oxidation sites excluding steroid dienone is 1. The molecule has 0 amide bonds. The summed E-state index contributed by atoms with van der Waals surface area (Å²) in [6.45, 7) is -2.86. The van der Waals surface area contributed by atoms with Crippen LogP contribution in [0.15, 0.2) is 23.1 Å². The van der Waals surface area contributed by atoms with Crippen molar-refractivity contribution >= 4 is 16.1 Å². The van der Waals surface area contributed by atoms with Crippen LogP contribution in [-0.2, 0) is 16.4 Å². The minimum absolute atomic E-state index is 0.0890. The molecule has 2 rings (SSSR count). The van der Waals surface area contributed by atoms with Gasteiger partial charge in [-0.15, -0.1) is 0 Å². The molecule has 0 saturated heterocycles. The van der Waals surface area contributed by atoms with Crippen molar-refractivity contribution in [2.45, 2.75) is 19.5 Å². The average Bonchev–Trinajstić information content (AvgIpc) is 2.37. The Hall–Kier alpha value is -1.47. The number of nitrogens with zero attached hydrogens (tertiary/aromatic N) is 1. The summed E-state index contributed by atoms with van der Waals surface area (Å²) in [5.41, 5.74) is 1.53. The van der Waals surface area contributed by atoms with E-state index < -0.39 is 16.6 Å². The molecule has 0 bridgehead atoms. The second-order valence-corrected chi connectivity index (χ2v) is 6.84. The van der Waals surface area contributed by atoms with Gasteiger partial charge in [0.25, 0.3) is 0 Å². The van der Waals surface area contributed by atoms with E-state index in [9.17, 15) is 17.2 Å². The third-order valence-corrected chi connectivity index (χ3v) is 5.05. The van der Waals surface area contributed by atoms with Crippen LogP contribution >= 0.6 is 0 Å². The maximum Gasteiger partial charge on any atom is 0.387 e. The van der Waals surface area contributed by atoms with Gasteiger partial charge in [-0.2, -0.15) is 8.78 Å². The molecule has 0 radical (unpaired) electrons. The minimum atomic E-state index is -3.43. The maximum atomic E-state index is 12.1. The van der Waals surface area contributed by atoms with Crippen molar-refractivity contribution in [2.24, 2.45) is 0 Å². The number of benzene rings is 1. The Morgan fingerprint density at radius 1 is 1.25 bits per heavy atom. The van der Waals surface area contributed by atoms with Crippen molar-refractivity contribution in [3.8, 4) is 5.75 Å². The molecule has 1 aromatic carbocycles. The van der Waals surface area contributed by atoms with Gasteiger partial charge in [0.1, 0.15) is 5.75 Å². The number of aryl methyl sites for hydroxylation is 1. The molecule has 1 aliphatic carbocycles. The summed E-state index contributed by atoms with van der Waals surface area (Å²) in [5, 5.41) is 0. The molecule has 0 spiro atoms. The van der Waals surface area contributed by atoms with Crippen LogP contribution in [-0.4, -0.2) is 33.4 Å². The van der Waals surface area contributed by atoms with Gasteiger partial charge in [-0.25, -0.2) is 12.7 Å². The van der Waals surface area contributed by atoms with Crippen LogP contribution in [0, 0.1) is 0 Å². The van der Waals surface area contributed by atoms with E-state index in [4.69, 9.17) is 0 Å². The van der Waals surface area contributed by atoms with Gasteiger partial charge in [0.05, 0.1) is 4.91 Å². The number of rotatable bonds is 4. The highest BCUT2D eigenvalue weighted by Gasteiger charge is 2.24. The number of ether oxygens (including phenoxy) is 1. The first kappa shape index (κ1) is 14.9. The molecular weight excluding hydrogens is 288 g/mol. The molecule has 1 aliphatic rings. The molecule has 7 heteroatoms. The van der Waals surface area contributed by atoms with Crippen LogP contribution in [0.4, 0.5) is 8.78 Å². The normalized spacial score (nSPS) is 15.2. The quantitative estimate of drug-likeness (QED) is 0.858. The zero-order valence-electron chi connectivity index (χ0n) is 11.1. The SMILES string of the molecule is CN(C)S(=O)(=O)C1=Cc2ccc(OC(F)F)cc2CC1. The van der Waals surface area contributed by atoms with Gasteiger partial charge in [0.15, 0.2) is 0 Å². The third kappa shape index (κ3) is 2.99. The molecule has 0 heterocycles. The molecule has 0 aliphatic heterocycles. The number of halogens is 2. The number of alkyl halides is 2. The fourth-order valence-corrected chi connectivity index (χ4v) is 3.16. The molecule has 0 atom stereocenters. The van der Waals surface area contributed by atoms with Crippen LogP contribution in [0.25, 0.3) is 6.08 Å². The van der Waals surface area contributed by atoms with Gasteiger partial charge in [0, 0.05) is 14.1 Å². The van der Waals surface area contributed by atoms with Gasteiger partial charge in [-0.1, -0.05) is 6.07 Å². The summed E-state index contributed by atoms with van der Waals surface area (Å²) in [4.78, 5) is 0.331. The summed E-state index contributed by atoms with van der Waals surface area (Å²) in [6.07, 6.45) is 2.42. The highest BCUT2D eigenvalue weighted by atomic mass is 32.2. The van der Waals surface area contributed by atoms with E-state index in [0.717, 1.165) is 15.4 Å². The van der Waals surface area contributed by atoms with Crippen molar-refractivity contribution < 1.29 is 21.9 Å². The average molecular weight is 303 g/mol.